The SMILES string of the molecule is CCOc1cccc(C(O)C(=O)O)c1CCCBr. The van der Waals surface area contributed by atoms with E-state index in [0.717, 1.165) is 17.3 Å². The van der Waals surface area contributed by atoms with Crippen LogP contribution in [0.15, 0.2) is 18.2 Å². The lowest BCUT2D eigenvalue weighted by atomic mass is 9.98. The molecule has 1 aromatic rings. The average Bonchev–Trinajstić information content (AvgIpc) is 2.36. The molecule has 5 heteroatoms. The minimum atomic E-state index is -1.50. The lowest BCUT2D eigenvalue weighted by molar-refractivity contribution is -0.147. The van der Waals surface area contributed by atoms with Crippen molar-refractivity contribution in [3.63, 3.8) is 0 Å². The summed E-state index contributed by atoms with van der Waals surface area (Å²) < 4.78 is 5.49. The summed E-state index contributed by atoms with van der Waals surface area (Å²) in [6.45, 7) is 2.38. The van der Waals surface area contributed by atoms with Gasteiger partial charge in [-0.3, -0.25) is 0 Å². The molecule has 1 aromatic carbocycles. The summed E-state index contributed by atoms with van der Waals surface area (Å²) >= 11 is 3.34. The Hall–Kier alpha value is -1.07. The summed E-state index contributed by atoms with van der Waals surface area (Å²) in [6, 6.07) is 5.13. The summed E-state index contributed by atoms with van der Waals surface area (Å²) in [5.74, 6) is -0.597. The summed E-state index contributed by atoms with van der Waals surface area (Å²) in [7, 11) is 0. The van der Waals surface area contributed by atoms with Crippen LogP contribution in [0.3, 0.4) is 0 Å². The Morgan fingerprint density at radius 3 is 2.78 bits per heavy atom. The van der Waals surface area contributed by atoms with E-state index in [1.54, 1.807) is 18.2 Å². The Bertz CT molecular complexity index is 406. The van der Waals surface area contributed by atoms with Crippen molar-refractivity contribution in [3.8, 4) is 5.75 Å². The number of carboxylic acids is 1. The second kappa shape index (κ2) is 7.38. The van der Waals surface area contributed by atoms with E-state index in [9.17, 15) is 9.90 Å². The van der Waals surface area contributed by atoms with Gasteiger partial charge in [-0.1, -0.05) is 28.1 Å². The third-order valence-corrected chi connectivity index (χ3v) is 3.12. The second-order valence-electron chi connectivity index (χ2n) is 3.79. The number of benzene rings is 1. The number of rotatable bonds is 7. The zero-order valence-corrected chi connectivity index (χ0v) is 11.8. The van der Waals surface area contributed by atoms with E-state index in [-0.39, 0.29) is 0 Å². The molecule has 0 bridgehead atoms. The largest absolute Gasteiger partial charge is 0.494 e. The van der Waals surface area contributed by atoms with Crippen LogP contribution < -0.4 is 4.74 Å². The summed E-state index contributed by atoms with van der Waals surface area (Å²) in [4.78, 5) is 10.9. The normalized spacial score (nSPS) is 12.2. The molecular weight excluding hydrogens is 300 g/mol. The molecule has 0 radical (unpaired) electrons. The van der Waals surface area contributed by atoms with Gasteiger partial charge in [0, 0.05) is 10.9 Å². The second-order valence-corrected chi connectivity index (χ2v) is 4.58. The molecule has 1 atom stereocenters. The van der Waals surface area contributed by atoms with Crippen molar-refractivity contribution in [2.24, 2.45) is 0 Å². The molecule has 0 aromatic heterocycles. The van der Waals surface area contributed by atoms with Crippen LogP contribution in [0.2, 0.25) is 0 Å². The van der Waals surface area contributed by atoms with Crippen molar-refractivity contribution in [1.82, 2.24) is 0 Å². The number of carboxylic acid groups (broad SMARTS) is 1. The average molecular weight is 317 g/mol. The van der Waals surface area contributed by atoms with Crippen LogP contribution in [0.25, 0.3) is 0 Å². The number of ether oxygens (including phenoxy) is 1. The fourth-order valence-corrected chi connectivity index (χ4v) is 2.05. The maximum absolute atomic E-state index is 10.9. The van der Waals surface area contributed by atoms with Crippen molar-refractivity contribution >= 4 is 21.9 Å². The number of aliphatic hydroxyl groups excluding tert-OH is 1. The minimum absolute atomic E-state index is 0.411. The molecule has 0 saturated carbocycles. The predicted octanol–water partition coefficient (Wildman–Crippen LogP) is 2.53. The van der Waals surface area contributed by atoms with E-state index >= 15 is 0 Å². The Morgan fingerprint density at radius 2 is 2.22 bits per heavy atom. The quantitative estimate of drug-likeness (QED) is 0.759. The van der Waals surface area contributed by atoms with Gasteiger partial charge in [0.2, 0.25) is 0 Å². The van der Waals surface area contributed by atoms with Crippen molar-refractivity contribution in [3.05, 3.63) is 29.3 Å². The first-order valence-electron chi connectivity index (χ1n) is 5.83. The van der Waals surface area contributed by atoms with Crippen LogP contribution in [0.4, 0.5) is 0 Å². The molecular formula is C13H17BrO4. The van der Waals surface area contributed by atoms with Crippen molar-refractivity contribution in [2.75, 3.05) is 11.9 Å². The monoisotopic (exact) mass is 316 g/mol. The Balaban J connectivity index is 3.13. The molecule has 0 aliphatic heterocycles. The van der Waals surface area contributed by atoms with Crippen LogP contribution in [0, 0.1) is 0 Å². The Labute approximate surface area is 115 Å². The van der Waals surface area contributed by atoms with Gasteiger partial charge in [0.15, 0.2) is 6.10 Å². The van der Waals surface area contributed by atoms with Gasteiger partial charge in [0.05, 0.1) is 6.61 Å². The van der Waals surface area contributed by atoms with E-state index < -0.39 is 12.1 Å². The Morgan fingerprint density at radius 1 is 1.50 bits per heavy atom. The zero-order chi connectivity index (χ0) is 13.5. The van der Waals surface area contributed by atoms with Gasteiger partial charge in [0.25, 0.3) is 0 Å². The van der Waals surface area contributed by atoms with Gasteiger partial charge in [-0.25, -0.2) is 4.79 Å². The Kier molecular flexibility index (Phi) is 6.15. The van der Waals surface area contributed by atoms with E-state index in [1.807, 2.05) is 6.92 Å². The van der Waals surface area contributed by atoms with E-state index in [4.69, 9.17) is 9.84 Å². The van der Waals surface area contributed by atoms with E-state index in [0.29, 0.717) is 24.3 Å². The fraction of sp³-hybridized carbons (Fsp3) is 0.462. The van der Waals surface area contributed by atoms with E-state index in [2.05, 4.69) is 15.9 Å². The molecule has 0 heterocycles. The number of alkyl halides is 1. The van der Waals surface area contributed by atoms with Gasteiger partial charge < -0.3 is 14.9 Å². The van der Waals surface area contributed by atoms with Gasteiger partial charge in [-0.15, -0.1) is 0 Å². The minimum Gasteiger partial charge on any atom is -0.494 e. The molecule has 1 rings (SSSR count). The zero-order valence-electron chi connectivity index (χ0n) is 10.2. The fourth-order valence-electron chi connectivity index (χ4n) is 1.77. The van der Waals surface area contributed by atoms with Crippen molar-refractivity contribution in [2.45, 2.75) is 25.9 Å². The molecule has 18 heavy (non-hydrogen) atoms. The van der Waals surface area contributed by atoms with Crippen LogP contribution >= 0.6 is 15.9 Å². The summed E-state index contributed by atoms with van der Waals surface area (Å²) in [5.41, 5.74) is 1.18. The number of aliphatic hydroxyl groups is 1. The van der Waals surface area contributed by atoms with Crippen molar-refractivity contribution in [1.29, 1.82) is 0 Å². The van der Waals surface area contributed by atoms with Crippen LogP contribution in [-0.2, 0) is 11.2 Å². The third-order valence-electron chi connectivity index (χ3n) is 2.56. The van der Waals surface area contributed by atoms with Gasteiger partial charge in [-0.05, 0) is 31.4 Å². The third kappa shape index (κ3) is 3.71. The molecule has 0 spiro atoms. The maximum Gasteiger partial charge on any atom is 0.337 e. The number of aliphatic carboxylic acids is 1. The highest BCUT2D eigenvalue weighted by Crippen LogP contribution is 2.29. The lowest BCUT2D eigenvalue weighted by Gasteiger charge is -2.16. The molecule has 0 saturated heterocycles. The molecule has 4 nitrogen and oxygen atoms in total. The molecule has 0 fully saturated rings. The standard InChI is InChI=1S/C13H17BrO4/c1-2-18-11-7-3-5-10(12(15)13(16)17)9(11)6-4-8-14/h3,5,7,12,15H,2,4,6,8H2,1H3,(H,16,17). The highest BCUT2D eigenvalue weighted by Gasteiger charge is 2.21. The molecule has 0 aliphatic rings. The summed E-state index contributed by atoms with van der Waals surface area (Å²) in [5, 5.41) is 19.4. The molecule has 2 N–H and O–H groups in total. The number of halogens is 1. The van der Waals surface area contributed by atoms with Crippen molar-refractivity contribution < 1.29 is 19.7 Å². The maximum atomic E-state index is 10.9. The lowest BCUT2D eigenvalue weighted by Crippen LogP contribution is -2.14. The molecule has 100 valence electrons. The molecule has 0 aliphatic carbocycles. The van der Waals surface area contributed by atoms with Crippen LogP contribution in [0.1, 0.15) is 30.6 Å². The summed E-state index contributed by atoms with van der Waals surface area (Å²) in [6.07, 6.45) is 0.0144. The smallest absolute Gasteiger partial charge is 0.337 e. The van der Waals surface area contributed by atoms with Gasteiger partial charge >= 0.3 is 5.97 Å². The molecule has 1 unspecified atom stereocenters. The first-order valence-corrected chi connectivity index (χ1v) is 6.95. The predicted molar refractivity (Wildman–Crippen MR) is 72.3 cm³/mol. The number of carbonyl (C=O) groups is 1. The topological polar surface area (TPSA) is 66.8 Å². The van der Waals surface area contributed by atoms with Gasteiger partial charge in [-0.2, -0.15) is 0 Å². The van der Waals surface area contributed by atoms with Gasteiger partial charge in [0.1, 0.15) is 5.75 Å². The van der Waals surface area contributed by atoms with Crippen LogP contribution in [0.5, 0.6) is 5.75 Å². The highest BCUT2D eigenvalue weighted by molar-refractivity contribution is 9.09. The van der Waals surface area contributed by atoms with Crippen LogP contribution in [-0.4, -0.2) is 28.1 Å². The highest BCUT2D eigenvalue weighted by atomic mass is 79.9. The first-order chi connectivity index (χ1) is 8.61. The molecule has 0 amide bonds. The number of hydrogen-bond acceptors (Lipinski definition) is 3. The first kappa shape index (κ1) is 15.0. The number of hydrogen-bond donors (Lipinski definition) is 2. The van der Waals surface area contributed by atoms with E-state index in [1.165, 1.54) is 0 Å².